The maximum Gasteiger partial charge on any atom is 0.250 e. The molecule has 238 valence electrons. The Bertz CT molecular complexity index is 1930. The van der Waals surface area contributed by atoms with Gasteiger partial charge in [0.25, 0.3) is 0 Å². The van der Waals surface area contributed by atoms with E-state index >= 15 is 4.39 Å². The first kappa shape index (κ1) is 30.1. The minimum Gasteiger partial charge on any atom is -0.390 e. The molecule has 1 amide bonds. The van der Waals surface area contributed by atoms with Gasteiger partial charge in [0.05, 0.1) is 21.7 Å². The number of aromatic nitrogens is 2. The first-order valence-corrected chi connectivity index (χ1v) is 16.8. The lowest BCUT2D eigenvalue weighted by Gasteiger charge is -2.40. The molecule has 2 N–H and O–H groups in total. The maximum atomic E-state index is 16.3. The summed E-state index contributed by atoms with van der Waals surface area (Å²) in [5.74, 6) is -0.501. The molecule has 4 aromatic rings. The van der Waals surface area contributed by atoms with Crippen LogP contribution < -0.4 is 5.32 Å². The van der Waals surface area contributed by atoms with E-state index in [2.05, 4.69) is 14.8 Å². The third kappa shape index (κ3) is 4.55. The summed E-state index contributed by atoms with van der Waals surface area (Å²) in [6.07, 6.45) is 3.52. The van der Waals surface area contributed by atoms with Crippen LogP contribution in [0.5, 0.6) is 0 Å². The SMILES string of the molecule is CC(C)(O)CCC(=O)c1ccc2c(c1)nc1n2CC[C@H]2[C@@H]1[C@H](c1cccc(Cl)c1F)[C@]1(C(=O)Nc3cc(Cl)ccc31)N2CC1CC1. The van der Waals surface area contributed by atoms with Gasteiger partial charge in [-0.2, -0.15) is 0 Å². The van der Waals surface area contributed by atoms with Crippen molar-refractivity contribution >= 4 is 51.6 Å². The number of aliphatic hydroxyl groups is 1. The van der Waals surface area contributed by atoms with Gasteiger partial charge in [0.2, 0.25) is 5.91 Å². The van der Waals surface area contributed by atoms with Crippen molar-refractivity contribution < 1.29 is 19.1 Å². The minimum atomic E-state index is -1.20. The predicted molar refractivity (Wildman–Crippen MR) is 176 cm³/mol. The highest BCUT2D eigenvalue weighted by molar-refractivity contribution is 6.31. The van der Waals surface area contributed by atoms with Crippen molar-refractivity contribution in [2.24, 2.45) is 5.92 Å². The molecule has 1 spiro atoms. The van der Waals surface area contributed by atoms with Gasteiger partial charge in [-0.1, -0.05) is 41.4 Å². The Morgan fingerprint density at radius 1 is 1.13 bits per heavy atom. The summed E-state index contributed by atoms with van der Waals surface area (Å²) in [7, 11) is 0. The fourth-order valence-corrected chi connectivity index (χ4v) is 8.69. The van der Waals surface area contributed by atoms with Crippen LogP contribution in [0.25, 0.3) is 11.0 Å². The number of rotatable bonds is 7. The minimum absolute atomic E-state index is 0.0121. The topological polar surface area (TPSA) is 87.5 Å². The Labute approximate surface area is 276 Å². The summed E-state index contributed by atoms with van der Waals surface area (Å²) in [6, 6.07) is 16.0. The lowest BCUT2D eigenvalue weighted by molar-refractivity contribution is -0.128. The number of likely N-dealkylation sites (tertiary alicyclic amines) is 1. The van der Waals surface area contributed by atoms with Gasteiger partial charge in [-0.25, -0.2) is 9.37 Å². The van der Waals surface area contributed by atoms with Crippen LogP contribution in [0.15, 0.2) is 54.6 Å². The van der Waals surface area contributed by atoms with Crippen molar-refractivity contribution in [1.82, 2.24) is 14.5 Å². The zero-order chi connectivity index (χ0) is 32.1. The molecule has 1 saturated carbocycles. The number of halogens is 3. The van der Waals surface area contributed by atoms with Gasteiger partial charge in [-0.3, -0.25) is 14.5 Å². The summed E-state index contributed by atoms with van der Waals surface area (Å²) < 4.78 is 18.5. The molecule has 4 heterocycles. The Morgan fingerprint density at radius 2 is 1.93 bits per heavy atom. The van der Waals surface area contributed by atoms with Crippen LogP contribution in [0.4, 0.5) is 10.1 Å². The van der Waals surface area contributed by atoms with Crippen LogP contribution in [0.1, 0.15) is 85.1 Å². The zero-order valence-electron chi connectivity index (χ0n) is 25.7. The van der Waals surface area contributed by atoms with E-state index in [-0.39, 0.29) is 35.1 Å². The molecule has 0 radical (unpaired) electrons. The number of hydrogen-bond donors (Lipinski definition) is 2. The van der Waals surface area contributed by atoms with E-state index in [9.17, 15) is 14.7 Å². The standard InChI is InChI=1S/C36H35Cl2FN4O3/c1-35(2,46)14-12-29(44)20-8-11-27-26(16-20)40-33-30-28(13-15-42(27)33)43(18-19-6-7-19)36(31(30)22-4-3-5-24(38)32(22)39)23-10-9-21(37)17-25(23)41-34(36)45/h3-5,8-11,16-17,19,28,30-31,46H,6-7,12-15,18H2,1-2H3,(H,41,45)/t28-,30+,31-,36+/m0/s1. The van der Waals surface area contributed by atoms with Crippen molar-refractivity contribution in [2.75, 3.05) is 11.9 Å². The molecule has 2 fully saturated rings. The number of hydrogen-bond acceptors (Lipinski definition) is 5. The van der Waals surface area contributed by atoms with Crippen LogP contribution in [0.3, 0.4) is 0 Å². The summed E-state index contributed by atoms with van der Waals surface area (Å²) in [4.78, 5) is 35.2. The third-order valence-corrected chi connectivity index (χ3v) is 11.1. The van der Waals surface area contributed by atoms with Crippen LogP contribution in [0, 0.1) is 11.7 Å². The number of anilines is 1. The summed E-state index contributed by atoms with van der Waals surface area (Å²) in [5, 5.41) is 13.8. The number of nitrogens with zero attached hydrogens (tertiary/aromatic N) is 3. The Balaban J connectivity index is 1.33. The quantitative estimate of drug-likeness (QED) is 0.201. The molecule has 46 heavy (non-hydrogen) atoms. The number of nitrogens with one attached hydrogen (secondary N) is 1. The fraction of sp³-hybridized carbons (Fsp3) is 0.417. The highest BCUT2D eigenvalue weighted by atomic mass is 35.5. The average molecular weight is 662 g/mol. The normalized spacial score (nSPS) is 25.5. The number of ketones is 1. The van der Waals surface area contributed by atoms with Crippen molar-refractivity contribution in [2.45, 2.75) is 81.5 Å². The summed E-state index contributed by atoms with van der Waals surface area (Å²) in [5.41, 5.74) is 1.82. The fourth-order valence-electron chi connectivity index (χ4n) is 8.33. The lowest BCUT2D eigenvalue weighted by Crippen LogP contribution is -2.53. The maximum absolute atomic E-state index is 16.3. The van der Waals surface area contributed by atoms with Crippen LogP contribution in [-0.2, 0) is 16.9 Å². The zero-order valence-corrected chi connectivity index (χ0v) is 27.2. The molecular weight excluding hydrogens is 626 g/mol. The van der Waals surface area contributed by atoms with E-state index in [0.29, 0.717) is 46.2 Å². The number of amides is 1. The molecule has 1 aromatic heterocycles. The van der Waals surface area contributed by atoms with Crippen molar-refractivity contribution in [3.63, 3.8) is 0 Å². The second kappa shape index (κ2) is 10.6. The van der Waals surface area contributed by atoms with Crippen molar-refractivity contribution in [3.8, 4) is 0 Å². The Hall–Kier alpha value is -3.30. The first-order chi connectivity index (χ1) is 22.0. The van der Waals surface area contributed by atoms with E-state index in [1.54, 1.807) is 38.1 Å². The second-order valence-corrected chi connectivity index (χ2v) is 14.9. The van der Waals surface area contributed by atoms with Crippen LogP contribution in [0.2, 0.25) is 10.0 Å². The largest absolute Gasteiger partial charge is 0.390 e. The molecule has 3 aliphatic heterocycles. The molecule has 8 rings (SSSR count). The van der Waals surface area contributed by atoms with E-state index in [0.717, 1.165) is 42.7 Å². The highest BCUT2D eigenvalue weighted by Gasteiger charge is 2.69. The van der Waals surface area contributed by atoms with Gasteiger partial charge in [-0.15, -0.1) is 0 Å². The lowest BCUT2D eigenvalue weighted by atomic mass is 9.70. The molecule has 0 unspecified atom stereocenters. The molecule has 4 aliphatic rings. The second-order valence-electron chi connectivity index (χ2n) is 14.1. The van der Waals surface area contributed by atoms with E-state index in [4.69, 9.17) is 28.2 Å². The predicted octanol–water partition coefficient (Wildman–Crippen LogP) is 7.43. The molecular formula is C36H35Cl2FN4O3. The number of carbonyl (C=O) groups excluding carboxylic acids is 2. The average Bonchev–Trinajstić information content (AvgIpc) is 3.60. The number of fused-ring (bicyclic) bond motifs is 7. The summed E-state index contributed by atoms with van der Waals surface area (Å²) >= 11 is 12.9. The van der Waals surface area contributed by atoms with Crippen molar-refractivity contribution in [1.29, 1.82) is 0 Å². The van der Waals surface area contributed by atoms with E-state index in [1.165, 1.54) is 6.07 Å². The molecule has 3 aromatic carbocycles. The Morgan fingerprint density at radius 3 is 2.70 bits per heavy atom. The van der Waals surface area contributed by atoms with Crippen molar-refractivity contribution in [3.05, 3.63) is 93.0 Å². The smallest absolute Gasteiger partial charge is 0.250 e. The molecule has 1 aliphatic carbocycles. The van der Waals surface area contributed by atoms with Gasteiger partial charge in [0.1, 0.15) is 17.2 Å². The Kier molecular flexibility index (Phi) is 6.93. The molecule has 7 nitrogen and oxygen atoms in total. The third-order valence-electron chi connectivity index (χ3n) is 10.5. The number of benzene rings is 3. The molecule has 4 atom stereocenters. The number of aryl methyl sites for hydroxylation is 1. The number of Topliss-reactive ketones (excluding diaryl/α,β-unsaturated/α-hetero) is 1. The van der Waals surface area contributed by atoms with Gasteiger partial charge in [-0.05, 0) is 87.4 Å². The van der Waals surface area contributed by atoms with E-state index in [1.807, 2.05) is 24.3 Å². The molecule has 10 heteroatoms. The van der Waals surface area contributed by atoms with Gasteiger partial charge >= 0.3 is 0 Å². The van der Waals surface area contributed by atoms with Gasteiger partial charge in [0, 0.05) is 59.2 Å². The first-order valence-electron chi connectivity index (χ1n) is 16.1. The monoisotopic (exact) mass is 660 g/mol. The molecule has 1 saturated heterocycles. The highest BCUT2D eigenvalue weighted by Crippen LogP contribution is 2.64. The molecule has 0 bridgehead atoms. The van der Waals surface area contributed by atoms with Crippen LogP contribution in [-0.4, -0.2) is 49.4 Å². The number of imidazole rings is 1. The van der Waals surface area contributed by atoms with Gasteiger partial charge in [0.15, 0.2) is 5.78 Å². The number of carbonyl (C=O) groups is 2. The summed E-state index contributed by atoms with van der Waals surface area (Å²) in [6.45, 7) is 4.79. The van der Waals surface area contributed by atoms with E-state index < -0.39 is 22.9 Å². The van der Waals surface area contributed by atoms with Gasteiger partial charge < -0.3 is 15.0 Å². The van der Waals surface area contributed by atoms with Crippen LogP contribution >= 0.6 is 23.2 Å².